The minimum absolute atomic E-state index is 0.416. The Bertz CT molecular complexity index is 669. The Balaban J connectivity index is 2.10. The van der Waals surface area contributed by atoms with Gasteiger partial charge in [-0.05, 0) is 57.3 Å². The van der Waals surface area contributed by atoms with Crippen LogP contribution in [0.4, 0.5) is 4.79 Å². The Hall–Kier alpha value is -2.64. The number of methoxy groups -OCH3 is 1. The van der Waals surface area contributed by atoms with Crippen molar-refractivity contribution < 1.29 is 19.1 Å². The summed E-state index contributed by atoms with van der Waals surface area (Å²) >= 11 is 0. The van der Waals surface area contributed by atoms with E-state index in [2.05, 4.69) is 10.5 Å². The first-order valence-corrected chi connectivity index (χ1v) is 9.01. The Morgan fingerprint density at radius 1 is 1.22 bits per heavy atom. The second kappa shape index (κ2) is 8.83. The number of amides is 2. The minimum atomic E-state index is -1.04. The van der Waals surface area contributed by atoms with Crippen molar-refractivity contribution >= 4 is 12.0 Å². The number of likely N-dealkylation sites (tertiary alicyclic amines) is 1. The Morgan fingerprint density at radius 2 is 1.89 bits per heavy atom. The van der Waals surface area contributed by atoms with Crippen LogP contribution in [0.3, 0.4) is 0 Å². The summed E-state index contributed by atoms with van der Waals surface area (Å²) < 4.78 is 10.5. The standard InChI is InChI=1S/C19H27N3O5/c1-19(2,3)27-18(24)22-12-6-5-7-15(22)17(23)20-16(21-25)13-8-10-14(26-4)11-9-13/h8-11,15-16H,5-7,12H2,1-4H3,(H,20,23). The molecule has 1 aromatic carbocycles. The summed E-state index contributed by atoms with van der Waals surface area (Å²) in [6.45, 7) is 5.77. The lowest BCUT2D eigenvalue weighted by atomic mass is 10.0. The molecule has 0 aromatic heterocycles. The number of nitrogens with one attached hydrogen (secondary N) is 1. The molecule has 1 heterocycles. The lowest BCUT2D eigenvalue weighted by molar-refractivity contribution is -0.128. The molecule has 0 aliphatic carbocycles. The summed E-state index contributed by atoms with van der Waals surface area (Å²) in [7, 11) is 1.54. The van der Waals surface area contributed by atoms with Crippen LogP contribution in [-0.2, 0) is 9.53 Å². The second-order valence-electron chi connectivity index (χ2n) is 7.48. The van der Waals surface area contributed by atoms with Gasteiger partial charge in [0.1, 0.15) is 17.4 Å². The van der Waals surface area contributed by atoms with Gasteiger partial charge in [-0.25, -0.2) is 4.79 Å². The largest absolute Gasteiger partial charge is 0.497 e. The van der Waals surface area contributed by atoms with Crippen molar-refractivity contribution in [2.45, 2.75) is 57.8 Å². The third kappa shape index (κ3) is 5.67. The average molecular weight is 377 g/mol. The summed E-state index contributed by atoms with van der Waals surface area (Å²) in [5.41, 5.74) is -0.107. The van der Waals surface area contributed by atoms with Crippen LogP contribution in [0.5, 0.6) is 5.75 Å². The van der Waals surface area contributed by atoms with E-state index in [0.29, 0.717) is 24.3 Å². The monoisotopic (exact) mass is 377 g/mol. The zero-order valence-corrected chi connectivity index (χ0v) is 16.2. The Kier molecular flexibility index (Phi) is 6.76. The number of ether oxygens (including phenoxy) is 2. The third-order valence-electron chi connectivity index (χ3n) is 4.25. The van der Waals surface area contributed by atoms with Crippen molar-refractivity contribution in [3.63, 3.8) is 0 Å². The Labute approximate surface area is 159 Å². The van der Waals surface area contributed by atoms with Gasteiger partial charge in [0.2, 0.25) is 5.91 Å². The predicted molar refractivity (Wildman–Crippen MR) is 100 cm³/mol. The van der Waals surface area contributed by atoms with Crippen molar-refractivity contribution in [3.05, 3.63) is 34.7 Å². The average Bonchev–Trinajstić information content (AvgIpc) is 2.64. The van der Waals surface area contributed by atoms with Crippen molar-refractivity contribution in [2.75, 3.05) is 13.7 Å². The van der Waals surface area contributed by atoms with Gasteiger partial charge in [0.05, 0.1) is 7.11 Å². The van der Waals surface area contributed by atoms with Gasteiger partial charge in [-0.15, -0.1) is 4.91 Å². The highest BCUT2D eigenvalue weighted by molar-refractivity contribution is 5.86. The molecule has 2 atom stereocenters. The van der Waals surface area contributed by atoms with Gasteiger partial charge in [-0.1, -0.05) is 12.1 Å². The third-order valence-corrected chi connectivity index (χ3v) is 4.25. The van der Waals surface area contributed by atoms with Gasteiger partial charge in [0.15, 0.2) is 6.17 Å². The molecule has 0 spiro atoms. The van der Waals surface area contributed by atoms with E-state index in [-0.39, 0.29) is 0 Å². The van der Waals surface area contributed by atoms with Crippen molar-refractivity contribution in [2.24, 2.45) is 5.18 Å². The number of carbonyl (C=O) groups is 2. The number of rotatable bonds is 5. The highest BCUT2D eigenvalue weighted by Gasteiger charge is 2.35. The maximum atomic E-state index is 12.8. The van der Waals surface area contributed by atoms with E-state index in [1.165, 1.54) is 4.90 Å². The lowest BCUT2D eigenvalue weighted by Crippen LogP contribution is -2.53. The van der Waals surface area contributed by atoms with Crippen LogP contribution in [-0.4, -0.2) is 42.2 Å². The molecule has 1 aliphatic rings. The summed E-state index contributed by atoms with van der Waals surface area (Å²) in [5, 5.41) is 5.65. The van der Waals surface area contributed by atoms with Crippen LogP contribution >= 0.6 is 0 Å². The summed E-state index contributed by atoms with van der Waals surface area (Å²) in [5.74, 6) is 0.221. The Morgan fingerprint density at radius 3 is 2.44 bits per heavy atom. The van der Waals surface area contributed by atoms with E-state index in [1.807, 2.05) is 0 Å². The molecule has 2 rings (SSSR count). The van der Waals surface area contributed by atoms with Crippen molar-refractivity contribution in [1.82, 2.24) is 10.2 Å². The number of carbonyl (C=O) groups excluding carboxylic acids is 2. The van der Waals surface area contributed by atoms with Crippen LogP contribution in [0.15, 0.2) is 29.4 Å². The van der Waals surface area contributed by atoms with Gasteiger partial charge >= 0.3 is 6.09 Å². The SMILES string of the molecule is COc1ccc(C(N=O)NC(=O)C2CCCCN2C(=O)OC(C)(C)C)cc1. The molecular formula is C19H27N3O5. The fourth-order valence-electron chi connectivity index (χ4n) is 2.93. The maximum Gasteiger partial charge on any atom is 0.410 e. The number of benzene rings is 1. The van der Waals surface area contributed by atoms with Crippen LogP contribution in [0.2, 0.25) is 0 Å². The number of piperidine rings is 1. The fraction of sp³-hybridized carbons (Fsp3) is 0.579. The predicted octanol–water partition coefficient (Wildman–Crippen LogP) is 3.37. The molecule has 2 amide bonds. The number of hydrogen-bond acceptors (Lipinski definition) is 6. The van der Waals surface area contributed by atoms with Crippen molar-refractivity contribution in [1.29, 1.82) is 0 Å². The first-order chi connectivity index (χ1) is 12.7. The molecule has 0 bridgehead atoms. The summed E-state index contributed by atoms with van der Waals surface area (Å²) in [6.07, 6.45) is 0.572. The molecule has 1 aromatic rings. The number of nitroso groups, excluding NO2 is 1. The quantitative estimate of drug-likeness (QED) is 0.794. The second-order valence-corrected chi connectivity index (χ2v) is 7.48. The fourth-order valence-corrected chi connectivity index (χ4v) is 2.93. The molecule has 0 radical (unpaired) electrons. The van der Waals surface area contributed by atoms with E-state index in [4.69, 9.17) is 9.47 Å². The molecule has 1 saturated heterocycles. The minimum Gasteiger partial charge on any atom is -0.497 e. The molecule has 27 heavy (non-hydrogen) atoms. The highest BCUT2D eigenvalue weighted by atomic mass is 16.6. The van der Waals surface area contributed by atoms with Gasteiger partial charge in [-0.2, -0.15) is 0 Å². The number of hydrogen-bond donors (Lipinski definition) is 1. The van der Waals surface area contributed by atoms with Crippen LogP contribution < -0.4 is 10.1 Å². The maximum absolute atomic E-state index is 12.8. The molecule has 0 saturated carbocycles. The zero-order valence-electron chi connectivity index (χ0n) is 16.2. The normalized spacial score (nSPS) is 18.4. The number of nitrogens with zero attached hydrogens (tertiary/aromatic N) is 2. The first kappa shape index (κ1) is 20.7. The van der Waals surface area contributed by atoms with E-state index >= 15 is 0 Å². The molecule has 2 unspecified atom stereocenters. The van der Waals surface area contributed by atoms with E-state index < -0.39 is 29.8 Å². The molecule has 1 N–H and O–H groups in total. The van der Waals surface area contributed by atoms with Crippen LogP contribution in [0, 0.1) is 4.91 Å². The molecule has 8 nitrogen and oxygen atoms in total. The van der Waals surface area contributed by atoms with Crippen LogP contribution in [0.25, 0.3) is 0 Å². The molecular weight excluding hydrogens is 350 g/mol. The van der Waals surface area contributed by atoms with E-state index in [1.54, 1.807) is 52.1 Å². The smallest absolute Gasteiger partial charge is 0.410 e. The highest BCUT2D eigenvalue weighted by Crippen LogP contribution is 2.23. The molecule has 1 fully saturated rings. The van der Waals surface area contributed by atoms with Gasteiger partial charge < -0.3 is 14.8 Å². The molecule has 148 valence electrons. The van der Waals surface area contributed by atoms with Gasteiger partial charge in [0.25, 0.3) is 0 Å². The van der Waals surface area contributed by atoms with Crippen molar-refractivity contribution in [3.8, 4) is 5.75 Å². The zero-order chi connectivity index (χ0) is 20.0. The van der Waals surface area contributed by atoms with Gasteiger partial charge in [-0.3, -0.25) is 9.69 Å². The van der Waals surface area contributed by atoms with Gasteiger partial charge in [0, 0.05) is 12.1 Å². The summed E-state index contributed by atoms with van der Waals surface area (Å²) in [6, 6.07) is 6.02. The molecule has 8 heteroatoms. The summed E-state index contributed by atoms with van der Waals surface area (Å²) in [4.78, 5) is 37.9. The van der Waals surface area contributed by atoms with E-state index in [9.17, 15) is 14.5 Å². The van der Waals surface area contributed by atoms with E-state index in [0.717, 1.165) is 12.8 Å². The lowest BCUT2D eigenvalue weighted by Gasteiger charge is -2.36. The van der Waals surface area contributed by atoms with Crippen LogP contribution in [0.1, 0.15) is 51.8 Å². The topological polar surface area (TPSA) is 97.3 Å². The molecule has 1 aliphatic heterocycles. The first-order valence-electron chi connectivity index (χ1n) is 9.01.